The molecule has 2 aromatic heterocycles. The first-order valence-corrected chi connectivity index (χ1v) is 7.03. The van der Waals surface area contributed by atoms with Crippen molar-refractivity contribution in [2.45, 2.75) is 10.1 Å². The monoisotopic (exact) mass is 378 g/mol. The summed E-state index contributed by atoms with van der Waals surface area (Å²) < 4.78 is 1.83. The van der Waals surface area contributed by atoms with Crippen LogP contribution in [0, 0.1) is 0 Å². The van der Waals surface area contributed by atoms with E-state index >= 15 is 0 Å². The first kappa shape index (κ1) is 12.4. The Balaban J connectivity index is 2.23. The maximum absolute atomic E-state index is 5.82. The van der Waals surface area contributed by atoms with E-state index in [0.717, 1.165) is 19.0 Å². The van der Waals surface area contributed by atoms with Crippen LogP contribution < -0.4 is 0 Å². The lowest BCUT2D eigenvalue weighted by Gasteiger charge is -2.02. The Bertz CT molecular complexity index is 505. The van der Waals surface area contributed by atoms with Crippen LogP contribution in [0.5, 0.6) is 0 Å². The first-order valence-electron chi connectivity index (χ1n) is 4.25. The highest BCUT2D eigenvalue weighted by Crippen LogP contribution is 2.32. The van der Waals surface area contributed by atoms with Crippen LogP contribution in [0.4, 0.5) is 0 Å². The van der Waals surface area contributed by atoms with Crippen LogP contribution in [0.3, 0.4) is 0 Å². The molecule has 0 saturated heterocycles. The number of hydrogen-bond acceptors (Lipinski definition) is 3. The average molecular weight is 380 g/mol. The van der Waals surface area contributed by atoms with E-state index in [0.29, 0.717) is 5.02 Å². The van der Waals surface area contributed by atoms with Crippen LogP contribution >= 0.6 is 55.2 Å². The molecule has 0 bridgehead atoms. The molecular formula is C10H5Br2ClN2S. The zero-order valence-electron chi connectivity index (χ0n) is 7.82. The van der Waals surface area contributed by atoms with E-state index in [4.69, 9.17) is 11.6 Å². The quantitative estimate of drug-likeness (QED) is 0.748. The molecule has 0 radical (unpaired) electrons. The maximum atomic E-state index is 5.82. The molecule has 0 atom stereocenters. The lowest BCUT2D eigenvalue weighted by molar-refractivity contribution is 1.08. The van der Waals surface area contributed by atoms with Crippen LogP contribution in [-0.4, -0.2) is 9.97 Å². The molecule has 16 heavy (non-hydrogen) atoms. The minimum Gasteiger partial charge on any atom is -0.248 e. The zero-order chi connectivity index (χ0) is 11.5. The van der Waals surface area contributed by atoms with Crippen LogP contribution in [0.2, 0.25) is 5.02 Å². The van der Waals surface area contributed by atoms with Crippen molar-refractivity contribution in [2.75, 3.05) is 0 Å². The summed E-state index contributed by atoms with van der Waals surface area (Å²) in [4.78, 5) is 8.49. The van der Waals surface area contributed by atoms with E-state index in [9.17, 15) is 0 Å². The summed E-state index contributed by atoms with van der Waals surface area (Å²) in [6, 6.07) is 5.69. The Morgan fingerprint density at radius 2 is 1.94 bits per heavy atom. The Morgan fingerprint density at radius 1 is 1.12 bits per heavy atom. The zero-order valence-corrected chi connectivity index (χ0v) is 12.6. The molecule has 0 saturated carbocycles. The van der Waals surface area contributed by atoms with E-state index in [1.54, 1.807) is 12.4 Å². The molecule has 2 nitrogen and oxygen atoms in total. The Hall–Kier alpha value is -0.100. The standard InChI is InChI=1S/C10H5Br2ClN2S/c11-6-1-2-9(14-4-6)16-10-8(12)3-7(13)5-15-10/h1-5H. The molecule has 0 amide bonds. The van der Waals surface area contributed by atoms with Crippen molar-refractivity contribution < 1.29 is 0 Å². The number of rotatable bonds is 2. The smallest absolute Gasteiger partial charge is 0.117 e. The number of aromatic nitrogens is 2. The lowest BCUT2D eigenvalue weighted by Crippen LogP contribution is -1.84. The van der Waals surface area contributed by atoms with Gasteiger partial charge in [-0.15, -0.1) is 0 Å². The predicted octanol–water partition coefficient (Wildman–Crippen LogP) is 4.81. The van der Waals surface area contributed by atoms with E-state index in [1.807, 2.05) is 18.2 Å². The molecule has 0 unspecified atom stereocenters. The molecule has 0 aliphatic rings. The van der Waals surface area contributed by atoms with Gasteiger partial charge in [0.2, 0.25) is 0 Å². The van der Waals surface area contributed by atoms with Crippen molar-refractivity contribution in [1.29, 1.82) is 0 Å². The molecular weight excluding hydrogens is 375 g/mol. The molecule has 0 fully saturated rings. The van der Waals surface area contributed by atoms with Gasteiger partial charge in [0.05, 0.1) is 9.50 Å². The van der Waals surface area contributed by atoms with Crippen molar-refractivity contribution in [3.8, 4) is 0 Å². The van der Waals surface area contributed by atoms with Crippen LogP contribution in [0.25, 0.3) is 0 Å². The van der Waals surface area contributed by atoms with Crippen molar-refractivity contribution >= 4 is 55.2 Å². The topological polar surface area (TPSA) is 25.8 Å². The van der Waals surface area contributed by atoms with Gasteiger partial charge in [0.25, 0.3) is 0 Å². The van der Waals surface area contributed by atoms with Crippen molar-refractivity contribution in [3.05, 3.63) is 44.6 Å². The summed E-state index contributed by atoms with van der Waals surface area (Å²) in [6.45, 7) is 0. The van der Waals surface area contributed by atoms with Gasteiger partial charge >= 0.3 is 0 Å². The Morgan fingerprint density at radius 3 is 2.56 bits per heavy atom. The molecule has 2 heterocycles. The SMILES string of the molecule is Clc1cnc(Sc2ccc(Br)cn2)c(Br)c1. The minimum absolute atomic E-state index is 0.611. The predicted molar refractivity (Wildman–Crippen MR) is 73.0 cm³/mol. The highest BCUT2D eigenvalue weighted by Gasteiger charge is 2.05. The highest BCUT2D eigenvalue weighted by molar-refractivity contribution is 9.10. The largest absolute Gasteiger partial charge is 0.248 e. The van der Waals surface area contributed by atoms with Gasteiger partial charge in [0, 0.05) is 16.9 Å². The van der Waals surface area contributed by atoms with Gasteiger partial charge in [-0.1, -0.05) is 11.6 Å². The molecule has 2 rings (SSSR count). The summed E-state index contributed by atoms with van der Waals surface area (Å²) in [5.74, 6) is 0. The maximum Gasteiger partial charge on any atom is 0.117 e. The summed E-state index contributed by atoms with van der Waals surface area (Å²) in [5.41, 5.74) is 0. The van der Waals surface area contributed by atoms with Gasteiger partial charge in [-0.25, -0.2) is 9.97 Å². The molecule has 2 aromatic rings. The summed E-state index contributed by atoms with van der Waals surface area (Å²) >= 11 is 14.1. The van der Waals surface area contributed by atoms with Gasteiger partial charge in [-0.05, 0) is 61.8 Å². The third-order valence-corrected chi connectivity index (χ3v) is 4.19. The van der Waals surface area contributed by atoms with E-state index in [2.05, 4.69) is 41.8 Å². The van der Waals surface area contributed by atoms with Gasteiger partial charge < -0.3 is 0 Å². The summed E-state index contributed by atoms with van der Waals surface area (Å²) in [7, 11) is 0. The fraction of sp³-hybridized carbons (Fsp3) is 0. The number of nitrogens with zero attached hydrogens (tertiary/aromatic N) is 2. The fourth-order valence-electron chi connectivity index (χ4n) is 0.999. The summed E-state index contributed by atoms with van der Waals surface area (Å²) in [6.07, 6.45) is 3.37. The van der Waals surface area contributed by atoms with Crippen LogP contribution in [0.15, 0.2) is 49.6 Å². The van der Waals surface area contributed by atoms with Crippen molar-refractivity contribution in [3.63, 3.8) is 0 Å². The van der Waals surface area contributed by atoms with Gasteiger partial charge in [-0.3, -0.25) is 0 Å². The fourth-order valence-corrected chi connectivity index (χ4v) is 2.82. The third kappa shape index (κ3) is 3.20. The highest BCUT2D eigenvalue weighted by atomic mass is 79.9. The molecule has 0 spiro atoms. The number of halogens is 3. The van der Waals surface area contributed by atoms with E-state index in [-0.39, 0.29) is 0 Å². The molecule has 82 valence electrons. The van der Waals surface area contributed by atoms with Crippen molar-refractivity contribution in [2.24, 2.45) is 0 Å². The van der Waals surface area contributed by atoms with Crippen LogP contribution in [-0.2, 0) is 0 Å². The number of hydrogen-bond donors (Lipinski definition) is 0. The minimum atomic E-state index is 0.611. The van der Waals surface area contributed by atoms with Gasteiger partial charge in [0.15, 0.2) is 0 Å². The molecule has 0 aliphatic heterocycles. The van der Waals surface area contributed by atoms with Gasteiger partial charge in [-0.2, -0.15) is 0 Å². The molecule has 0 aliphatic carbocycles. The lowest BCUT2D eigenvalue weighted by atomic mass is 10.5. The first-order chi connectivity index (χ1) is 7.65. The van der Waals surface area contributed by atoms with Crippen molar-refractivity contribution in [1.82, 2.24) is 9.97 Å². The van der Waals surface area contributed by atoms with E-state index in [1.165, 1.54) is 11.8 Å². The molecule has 0 N–H and O–H groups in total. The van der Waals surface area contributed by atoms with Gasteiger partial charge in [0.1, 0.15) is 10.1 Å². The Kier molecular flexibility index (Phi) is 4.24. The normalized spacial score (nSPS) is 10.4. The average Bonchev–Trinajstić information content (AvgIpc) is 2.25. The van der Waals surface area contributed by atoms with Crippen LogP contribution in [0.1, 0.15) is 0 Å². The molecule has 6 heteroatoms. The third-order valence-electron chi connectivity index (χ3n) is 1.68. The Labute approximate surface area is 119 Å². The molecule has 0 aromatic carbocycles. The van der Waals surface area contributed by atoms with E-state index < -0.39 is 0 Å². The second-order valence-electron chi connectivity index (χ2n) is 2.86. The number of pyridine rings is 2. The summed E-state index contributed by atoms with van der Waals surface area (Å²) in [5, 5.41) is 2.35. The second kappa shape index (κ2) is 5.49. The second-order valence-corrected chi connectivity index (χ2v) is 6.07.